The third-order valence-electron chi connectivity index (χ3n) is 5.44. The topological polar surface area (TPSA) is 36.7 Å². The fourth-order valence-corrected chi connectivity index (χ4v) is 3.96. The van der Waals surface area contributed by atoms with Crippen molar-refractivity contribution in [2.24, 2.45) is 0 Å². The van der Waals surface area contributed by atoms with Gasteiger partial charge >= 0.3 is 0 Å². The van der Waals surface area contributed by atoms with Crippen molar-refractivity contribution >= 4 is 22.2 Å². The zero-order valence-electron chi connectivity index (χ0n) is 15.5. The Labute approximate surface area is 158 Å². The normalized spacial score (nSPS) is 16.1. The highest BCUT2D eigenvalue weighted by Gasteiger charge is 2.19. The van der Waals surface area contributed by atoms with Gasteiger partial charge in [0.2, 0.25) is 0 Å². The zero-order valence-corrected chi connectivity index (χ0v) is 15.5. The Kier molecular flexibility index (Phi) is 4.02. The lowest BCUT2D eigenvalue weighted by molar-refractivity contribution is 0.360. The van der Waals surface area contributed by atoms with Crippen molar-refractivity contribution in [3.8, 4) is 11.3 Å². The molecule has 0 radical (unpaired) electrons. The van der Waals surface area contributed by atoms with Crippen LogP contribution in [0.1, 0.15) is 6.42 Å². The van der Waals surface area contributed by atoms with Crippen LogP contribution in [0.5, 0.6) is 0 Å². The monoisotopic (exact) mass is 357 g/mol. The average Bonchev–Trinajstić information content (AvgIpc) is 3.08. The molecule has 0 saturated carbocycles. The molecule has 136 valence electrons. The smallest absolute Gasteiger partial charge is 0.180 e. The van der Waals surface area contributed by atoms with Crippen LogP contribution in [0.2, 0.25) is 0 Å². The van der Waals surface area contributed by atoms with Crippen LogP contribution < -0.4 is 4.90 Å². The van der Waals surface area contributed by atoms with Crippen LogP contribution in [0.4, 0.5) is 5.82 Å². The number of fused-ring (bicyclic) bond motifs is 2. The van der Waals surface area contributed by atoms with Crippen LogP contribution >= 0.6 is 0 Å². The number of hydrogen-bond donors (Lipinski definition) is 0. The Bertz CT molecular complexity index is 1090. The maximum Gasteiger partial charge on any atom is 0.180 e. The van der Waals surface area contributed by atoms with E-state index in [2.05, 4.69) is 74.9 Å². The molecule has 2 aromatic heterocycles. The van der Waals surface area contributed by atoms with Gasteiger partial charge in [-0.1, -0.05) is 42.5 Å². The Hall–Kier alpha value is -2.92. The van der Waals surface area contributed by atoms with Gasteiger partial charge in [0.15, 0.2) is 11.5 Å². The van der Waals surface area contributed by atoms with Gasteiger partial charge in [-0.25, -0.2) is 9.97 Å². The van der Waals surface area contributed by atoms with Crippen LogP contribution in [0.3, 0.4) is 0 Å². The summed E-state index contributed by atoms with van der Waals surface area (Å²) in [6.07, 6.45) is 7.11. The van der Waals surface area contributed by atoms with Gasteiger partial charge in [-0.2, -0.15) is 0 Å². The second-order valence-electron chi connectivity index (χ2n) is 7.28. The highest BCUT2D eigenvalue weighted by Crippen LogP contribution is 2.30. The molecule has 0 amide bonds. The first-order valence-electron chi connectivity index (χ1n) is 9.55. The van der Waals surface area contributed by atoms with Crippen molar-refractivity contribution in [2.75, 3.05) is 38.1 Å². The molecule has 0 spiro atoms. The van der Waals surface area contributed by atoms with Crippen LogP contribution in [0, 0.1) is 0 Å². The number of imidazole rings is 1. The molecule has 0 unspecified atom stereocenters. The predicted octanol–water partition coefficient (Wildman–Crippen LogP) is 3.69. The third kappa shape index (κ3) is 2.94. The number of rotatable bonds is 2. The third-order valence-corrected chi connectivity index (χ3v) is 5.44. The zero-order chi connectivity index (χ0) is 18.2. The molecule has 0 atom stereocenters. The van der Waals surface area contributed by atoms with Gasteiger partial charge in [0.25, 0.3) is 0 Å². The summed E-state index contributed by atoms with van der Waals surface area (Å²) in [4.78, 5) is 14.5. The summed E-state index contributed by atoms with van der Waals surface area (Å²) in [5, 5.41) is 2.47. The van der Waals surface area contributed by atoms with Crippen LogP contribution in [-0.2, 0) is 0 Å². The van der Waals surface area contributed by atoms with E-state index >= 15 is 0 Å². The van der Waals surface area contributed by atoms with Crippen molar-refractivity contribution in [1.82, 2.24) is 19.3 Å². The van der Waals surface area contributed by atoms with Crippen LogP contribution in [0.25, 0.3) is 27.7 Å². The second-order valence-corrected chi connectivity index (χ2v) is 7.28. The molecule has 1 saturated heterocycles. The molecule has 4 aromatic rings. The van der Waals surface area contributed by atoms with Gasteiger partial charge in [-0.05, 0) is 30.8 Å². The van der Waals surface area contributed by atoms with Crippen LogP contribution in [-0.4, -0.2) is 52.5 Å². The molecule has 0 bridgehead atoms. The minimum absolute atomic E-state index is 0.934. The lowest BCUT2D eigenvalue weighted by atomic mass is 10.0. The van der Waals surface area contributed by atoms with Crippen molar-refractivity contribution in [3.63, 3.8) is 0 Å². The lowest BCUT2D eigenvalue weighted by Crippen LogP contribution is -2.30. The van der Waals surface area contributed by atoms with Gasteiger partial charge in [0.1, 0.15) is 0 Å². The van der Waals surface area contributed by atoms with E-state index in [9.17, 15) is 0 Å². The van der Waals surface area contributed by atoms with Crippen molar-refractivity contribution in [2.45, 2.75) is 6.42 Å². The number of aromatic nitrogens is 3. The summed E-state index contributed by atoms with van der Waals surface area (Å²) in [5.74, 6) is 0.987. The fraction of sp³-hybridized carbons (Fsp3) is 0.273. The SMILES string of the molecule is CN1CCCN(c2nc(-c3cccc4ccccc34)cn3ccnc23)CC1. The summed E-state index contributed by atoms with van der Waals surface area (Å²) >= 11 is 0. The first-order chi connectivity index (χ1) is 13.3. The second kappa shape index (κ2) is 6.67. The number of hydrogen-bond acceptors (Lipinski definition) is 4. The number of benzene rings is 2. The summed E-state index contributed by atoms with van der Waals surface area (Å²) < 4.78 is 2.11. The average molecular weight is 357 g/mol. The molecular weight excluding hydrogens is 334 g/mol. The minimum atomic E-state index is 0.934. The van der Waals surface area contributed by atoms with E-state index in [1.165, 1.54) is 10.8 Å². The molecule has 5 nitrogen and oxygen atoms in total. The highest BCUT2D eigenvalue weighted by molar-refractivity contribution is 5.96. The first-order valence-corrected chi connectivity index (χ1v) is 9.55. The molecule has 1 aliphatic rings. The van der Waals surface area contributed by atoms with E-state index in [1.807, 2.05) is 12.4 Å². The maximum atomic E-state index is 5.11. The molecule has 1 aliphatic heterocycles. The van der Waals surface area contributed by atoms with Crippen molar-refractivity contribution in [1.29, 1.82) is 0 Å². The van der Waals surface area contributed by atoms with Gasteiger partial charge in [-0.3, -0.25) is 0 Å². The van der Waals surface area contributed by atoms with E-state index in [-0.39, 0.29) is 0 Å². The van der Waals surface area contributed by atoms with E-state index in [4.69, 9.17) is 4.98 Å². The first kappa shape index (κ1) is 16.3. The van der Waals surface area contributed by atoms with Gasteiger partial charge in [0, 0.05) is 43.8 Å². The quantitative estimate of drug-likeness (QED) is 0.548. The van der Waals surface area contributed by atoms with Gasteiger partial charge in [-0.15, -0.1) is 0 Å². The Balaban J connectivity index is 1.68. The summed E-state index contributed by atoms with van der Waals surface area (Å²) in [6, 6.07) is 14.9. The summed E-state index contributed by atoms with van der Waals surface area (Å²) in [5.41, 5.74) is 3.09. The minimum Gasteiger partial charge on any atom is -0.352 e. The lowest BCUT2D eigenvalue weighted by Gasteiger charge is -2.23. The van der Waals surface area contributed by atoms with E-state index < -0.39 is 0 Å². The van der Waals surface area contributed by atoms with Gasteiger partial charge in [0.05, 0.1) is 5.69 Å². The number of likely N-dealkylation sites (N-methyl/N-ethyl adjacent to an activating group) is 1. The molecule has 0 N–H and O–H groups in total. The van der Waals surface area contributed by atoms with E-state index in [0.29, 0.717) is 0 Å². The van der Waals surface area contributed by atoms with E-state index in [1.54, 1.807) is 0 Å². The van der Waals surface area contributed by atoms with Crippen molar-refractivity contribution in [3.05, 3.63) is 61.1 Å². The van der Waals surface area contributed by atoms with Crippen molar-refractivity contribution < 1.29 is 0 Å². The fourth-order valence-electron chi connectivity index (χ4n) is 3.96. The molecule has 5 heteroatoms. The molecule has 1 fully saturated rings. The standard InChI is InChI=1S/C22H23N5/c1-25-11-5-12-26(15-14-25)22-21-23-10-13-27(21)16-20(24-22)19-9-4-7-17-6-2-3-8-18(17)19/h2-4,6-10,13,16H,5,11-12,14-15H2,1H3. The molecule has 3 heterocycles. The summed E-state index contributed by atoms with van der Waals surface area (Å²) in [7, 11) is 2.19. The van der Waals surface area contributed by atoms with E-state index in [0.717, 1.165) is 55.3 Å². The number of nitrogens with zero attached hydrogens (tertiary/aromatic N) is 5. The Morgan fingerprint density at radius 3 is 2.78 bits per heavy atom. The Morgan fingerprint density at radius 1 is 0.926 bits per heavy atom. The van der Waals surface area contributed by atoms with Crippen LogP contribution in [0.15, 0.2) is 61.1 Å². The molecule has 5 rings (SSSR count). The molecule has 2 aromatic carbocycles. The summed E-state index contributed by atoms with van der Waals surface area (Å²) in [6.45, 7) is 4.17. The van der Waals surface area contributed by atoms with Gasteiger partial charge < -0.3 is 14.2 Å². The highest BCUT2D eigenvalue weighted by atomic mass is 15.3. The largest absolute Gasteiger partial charge is 0.352 e. The predicted molar refractivity (Wildman–Crippen MR) is 110 cm³/mol. The maximum absolute atomic E-state index is 5.11. The molecular formula is C22H23N5. The molecule has 27 heavy (non-hydrogen) atoms. The molecule has 0 aliphatic carbocycles. The Morgan fingerprint density at radius 2 is 1.81 bits per heavy atom. The number of anilines is 1.